The van der Waals surface area contributed by atoms with Crippen molar-refractivity contribution in [1.29, 1.82) is 0 Å². The molecule has 0 saturated heterocycles. The van der Waals surface area contributed by atoms with E-state index < -0.39 is 0 Å². The van der Waals surface area contributed by atoms with Gasteiger partial charge in [-0.05, 0) is 25.0 Å². The fraction of sp³-hybridized carbons (Fsp3) is 0.500. The second-order valence-electron chi connectivity index (χ2n) is 4.28. The first kappa shape index (κ1) is 10.9. The van der Waals surface area contributed by atoms with Crippen LogP contribution in [-0.2, 0) is 0 Å². The number of nitrogens with one attached hydrogen (secondary N) is 1. The van der Waals surface area contributed by atoms with Crippen molar-refractivity contribution in [2.24, 2.45) is 0 Å². The summed E-state index contributed by atoms with van der Waals surface area (Å²) < 4.78 is 0. The highest BCUT2D eigenvalue weighted by Crippen LogP contribution is 2.17. The summed E-state index contributed by atoms with van der Waals surface area (Å²) in [6.45, 7) is 0. The Morgan fingerprint density at radius 1 is 1.38 bits per heavy atom. The van der Waals surface area contributed by atoms with Gasteiger partial charge in [0.05, 0.1) is 0 Å². The Hall–Kier alpha value is -1.58. The normalized spacial score (nSPS) is 17.0. The van der Waals surface area contributed by atoms with Gasteiger partial charge in [-0.15, -0.1) is 0 Å². The summed E-state index contributed by atoms with van der Waals surface area (Å²) in [6, 6.07) is 3.60. The highest BCUT2D eigenvalue weighted by Gasteiger charge is 2.17. The summed E-state index contributed by atoms with van der Waals surface area (Å²) >= 11 is 0. The third kappa shape index (κ3) is 2.72. The van der Waals surface area contributed by atoms with Crippen LogP contribution in [-0.4, -0.2) is 16.9 Å². The van der Waals surface area contributed by atoms with E-state index in [2.05, 4.69) is 10.3 Å². The van der Waals surface area contributed by atoms with E-state index in [4.69, 9.17) is 5.73 Å². The Labute approximate surface area is 95.3 Å². The first-order valence-corrected chi connectivity index (χ1v) is 5.78. The van der Waals surface area contributed by atoms with Crippen molar-refractivity contribution in [3.8, 4) is 0 Å². The summed E-state index contributed by atoms with van der Waals surface area (Å²) in [5.41, 5.74) is 6.59. The maximum atomic E-state index is 11.8. The van der Waals surface area contributed by atoms with Crippen LogP contribution in [0.25, 0.3) is 0 Å². The number of nitrogens with zero attached hydrogens (tertiary/aromatic N) is 1. The van der Waals surface area contributed by atoms with Crippen LogP contribution < -0.4 is 11.1 Å². The molecule has 1 amide bonds. The molecule has 1 aliphatic rings. The van der Waals surface area contributed by atoms with Crippen LogP contribution in [0.1, 0.15) is 42.6 Å². The number of hydrogen-bond donors (Lipinski definition) is 2. The lowest BCUT2D eigenvalue weighted by Gasteiger charge is -2.22. The number of carbonyl (C=O) groups is 1. The molecule has 86 valence electrons. The van der Waals surface area contributed by atoms with Crippen molar-refractivity contribution in [2.75, 3.05) is 5.73 Å². The van der Waals surface area contributed by atoms with E-state index in [0.29, 0.717) is 17.4 Å². The Balaban J connectivity index is 1.97. The monoisotopic (exact) mass is 219 g/mol. The molecule has 1 aromatic rings. The Kier molecular flexibility index (Phi) is 3.39. The molecular weight excluding hydrogens is 202 g/mol. The molecule has 0 atom stereocenters. The van der Waals surface area contributed by atoms with Gasteiger partial charge in [0.1, 0.15) is 5.69 Å². The van der Waals surface area contributed by atoms with Crippen molar-refractivity contribution >= 4 is 11.6 Å². The third-order valence-corrected chi connectivity index (χ3v) is 2.96. The first-order valence-electron chi connectivity index (χ1n) is 5.78. The van der Waals surface area contributed by atoms with Crippen LogP contribution in [0.5, 0.6) is 0 Å². The number of nitrogens with two attached hydrogens (primary N) is 1. The Morgan fingerprint density at radius 3 is 2.81 bits per heavy atom. The van der Waals surface area contributed by atoms with E-state index in [0.717, 1.165) is 12.8 Å². The Morgan fingerprint density at radius 2 is 2.12 bits per heavy atom. The molecule has 0 bridgehead atoms. The van der Waals surface area contributed by atoms with E-state index in [1.807, 2.05) is 0 Å². The first-order chi connectivity index (χ1) is 7.75. The standard InChI is InChI=1S/C12H17N3O/c13-9-6-7-14-11(8-9)12(16)15-10-4-2-1-3-5-10/h6-8,10H,1-5H2,(H2,13,14)(H,15,16). The number of nitrogen functional groups attached to an aromatic ring is 1. The van der Waals surface area contributed by atoms with Crippen molar-refractivity contribution in [2.45, 2.75) is 38.1 Å². The zero-order valence-corrected chi connectivity index (χ0v) is 9.28. The average molecular weight is 219 g/mol. The van der Waals surface area contributed by atoms with Crippen LogP contribution in [0.2, 0.25) is 0 Å². The molecule has 1 heterocycles. The molecule has 4 nitrogen and oxygen atoms in total. The predicted molar refractivity (Wildman–Crippen MR) is 63.0 cm³/mol. The average Bonchev–Trinajstić information content (AvgIpc) is 2.30. The summed E-state index contributed by atoms with van der Waals surface area (Å²) in [6.07, 6.45) is 7.40. The second-order valence-corrected chi connectivity index (χ2v) is 4.28. The lowest BCUT2D eigenvalue weighted by atomic mass is 9.95. The zero-order valence-electron chi connectivity index (χ0n) is 9.28. The molecule has 0 aromatic carbocycles. The van der Waals surface area contributed by atoms with Gasteiger partial charge >= 0.3 is 0 Å². The van der Waals surface area contributed by atoms with E-state index in [-0.39, 0.29) is 5.91 Å². The van der Waals surface area contributed by atoms with Gasteiger partial charge in [-0.25, -0.2) is 0 Å². The molecule has 1 fully saturated rings. The molecule has 0 spiro atoms. The van der Waals surface area contributed by atoms with Gasteiger partial charge in [-0.2, -0.15) is 0 Å². The minimum Gasteiger partial charge on any atom is -0.399 e. The number of rotatable bonds is 2. The molecule has 0 radical (unpaired) electrons. The van der Waals surface area contributed by atoms with Crippen molar-refractivity contribution < 1.29 is 4.79 Å². The fourth-order valence-corrected chi connectivity index (χ4v) is 2.08. The van der Waals surface area contributed by atoms with Crippen LogP contribution in [0.3, 0.4) is 0 Å². The molecule has 2 rings (SSSR count). The van der Waals surface area contributed by atoms with Crippen LogP contribution in [0.4, 0.5) is 5.69 Å². The second kappa shape index (κ2) is 4.96. The molecule has 4 heteroatoms. The maximum Gasteiger partial charge on any atom is 0.270 e. The third-order valence-electron chi connectivity index (χ3n) is 2.96. The zero-order chi connectivity index (χ0) is 11.4. The van der Waals surface area contributed by atoms with Gasteiger partial charge in [0.25, 0.3) is 5.91 Å². The molecule has 3 N–H and O–H groups in total. The van der Waals surface area contributed by atoms with Crippen molar-refractivity contribution in [3.05, 3.63) is 24.0 Å². The lowest BCUT2D eigenvalue weighted by molar-refractivity contribution is 0.0922. The highest BCUT2D eigenvalue weighted by molar-refractivity contribution is 5.93. The van der Waals surface area contributed by atoms with Crippen molar-refractivity contribution in [3.63, 3.8) is 0 Å². The van der Waals surface area contributed by atoms with E-state index in [1.54, 1.807) is 18.3 Å². The molecule has 0 aliphatic heterocycles. The predicted octanol–water partition coefficient (Wildman–Crippen LogP) is 1.73. The molecule has 1 aliphatic carbocycles. The number of aromatic nitrogens is 1. The van der Waals surface area contributed by atoms with Gasteiger partial charge in [0.15, 0.2) is 0 Å². The number of anilines is 1. The van der Waals surface area contributed by atoms with Crippen LogP contribution in [0, 0.1) is 0 Å². The number of carbonyl (C=O) groups excluding carboxylic acids is 1. The minimum atomic E-state index is -0.112. The largest absolute Gasteiger partial charge is 0.399 e. The molecular formula is C12H17N3O. The SMILES string of the molecule is Nc1ccnc(C(=O)NC2CCCCC2)c1. The number of hydrogen-bond acceptors (Lipinski definition) is 3. The highest BCUT2D eigenvalue weighted by atomic mass is 16.1. The molecule has 0 unspecified atom stereocenters. The summed E-state index contributed by atoms with van der Waals surface area (Å²) in [4.78, 5) is 15.8. The van der Waals surface area contributed by atoms with Crippen molar-refractivity contribution in [1.82, 2.24) is 10.3 Å². The van der Waals surface area contributed by atoms with Crippen LogP contribution in [0.15, 0.2) is 18.3 Å². The lowest BCUT2D eigenvalue weighted by Crippen LogP contribution is -2.36. The van der Waals surface area contributed by atoms with Gasteiger partial charge < -0.3 is 11.1 Å². The Bertz CT molecular complexity index is 372. The smallest absolute Gasteiger partial charge is 0.270 e. The summed E-state index contributed by atoms with van der Waals surface area (Å²) in [5, 5.41) is 3.01. The molecule has 1 aromatic heterocycles. The van der Waals surface area contributed by atoms with E-state index in [9.17, 15) is 4.79 Å². The maximum absolute atomic E-state index is 11.8. The summed E-state index contributed by atoms with van der Waals surface area (Å²) in [7, 11) is 0. The van der Waals surface area contributed by atoms with Gasteiger partial charge in [0, 0.05) is 17.9 Å². The molecule has 1 saturated carbocycles. The van der Waals surface area contributed by atoms with Gasteiger partial charge in [0.2, 0.25) is 0 Å². The topological polar surface area (TPSA) is 68.0 Å². The summed E-state index contributed by atoms with van der Waals surface area (Å²) in [5.74, 6) is -0.112. The van der Waals surface area contributed by atoms with E-state index >= 15 is 0 Å². The number of amides is 1. The van der Waals surface area contributed by atoms with Gasteiger partial charge in [-0.3, -0.25) is 9.78 Å². The van der Waals surface area contributed by atoms with Gasteiger partial charge in [-0.1, -0.05) is 19.3 Å². The molecule has 16 heavy (non-hydrogen) atoms. The minimum absolute atomic E-state index is 0.112. The van der Waals surface area contributed by atoms with Crippen LogP contribution >= 0.6 is 0 Å². The number of pyridine rings is 1. The fourth-order valence-electron chi connectivity index (χ4n) is 2.08. The quantitative estimate of drug-likeness (QED) is 0.796. The van der Waals surface area contributed by atoms with E-state index in [1.165, 1.54) is 19.3 Å².